The molecule has 0 bridgehead atoms. The average Bonchev–Trinajstić information content (AvgIpc) is 3.07. The summed E-state index contributed by atoms with van der Waals surface area (Å²) in [5.74, 6) is -1.16. The summed E-state index contributed by atoms with van der Waals surface area (Å²) in [5, 5.41) is 2.55. The fraction of sp³-hybridized carbons (Fsp3) is 0.375. The van der Waals surface area contributed by atoms with E-state index in [1.54, 1.807) is 0 Å². The summed E-state index contributed by atoms with van der Waals surface area (Å²) in [6.45, 7) is 0.766. The third-order valence-corrected chi connectivity index (χ3v) is 6.08. The first kappa shape index (κ1) is 18.8. The first-order valence-corrected chi connectivity index (χ1v) is 9.95. The molecule has 10 heteroatoms. The molecule has 0 spiro atoms. The van der Waals surface area contributed by atoms with Crippen molar-refractivity contribution in [1.82, 2.24) is 13.9 Å². The Balaban J connectivity index is 1.67. The van der Waals surface area contributed by atoms with Crippen LogP contribution in [0, 0.1) is 5.82 Å². The van der Waals surface area contributed by atoms with Gasteiger partial charge in [0.2, 0.25) is 5.91 Å². The molecule has 1 fully saturated rings. The van der Waals surface area contributed by atoms with Crippen molar-refractivity contribution in [3.8, 4) is 0 Å². The van der Waals surface area contributed by atoms with Crippen LogP contribution >= 0.6 is 11.6 Å². The lowest BCUT2D eigenvalue weighted by Gasteiger charge is -2.24. The molecule has 2 aromatic rings. The summed E-state index contributed by atoms with van der Waals surface area (Å²) in [5.41, 5.74) is 0.000627. The lowest BCUT2D eigenvalue weighted by atomic mass is 10.2. The Morgan fingerprint density at radius 1 is 1.27 bits per heavy atom. The van der Waals surface area contributed by atoms with Crippen LogP contribution in [0.25, 0.3) is 0 Å². The van der Waals surface area contributed by atoms with Gasteiger partial charge in [-0.3, -0.25) is 4.79 Å². The number of carbonyl (C=O) groups excluding carboxylic acids is 1. The van der Waals surface area contributed by atoms with E-state index >= 15 is 0 Å². The molecule has 0 atom stereocenters. The number of nitrogens with zero attached hydrogens (tertiary/aromatic N) is 3. The molecule has 0 radical (unpaired) electrons. The summed E-state index contributed by atoms with van der Waals surface area (Å²) in [6, 6.07) is 3.91. The van der Waals surface area contributed by atoms with E-state index < -0.39 is 21.7 Å². The molecule has 1 saturated heterocycles. The number of nitrogens with one attached hydrogen (secondary N) is 1. The average molecular weight is 401 g/mol. The van der Waals surface area contributed by atoms with Crippen molar-refractivity contribution >= 4 is 33.2 Å². The van der Waals surface area contributed by atoms with Gasteiger partial charge in [0.05, 0.1) is 12.0 Å². The van der Waals surface area contributed by atoms with Gasteiger partial charge in [0.25, 0.3) is 10.0 Å². The van der Waals surface area contributed by atoms with Crippen LogP contribution in [-0.2, 0) is 21.4 Å². The molecule has 140 valence electrons. The standard InChI is InChI=1S/C16H18ClFN4O3S/c17-12-4-5-14(13(18)8-12)20-15(23)9-21-10-16(19-11-21)26(24,25)22-6-2-1-3-7-22/h4-5,8,10-11H,1-3,6-7,9H2,(H,20,23). The molecule has 1 aliphatic rings. The lowest BCUT2D eigenvalue weighted by molar-refractivity contribution is -0.116. The molecule has 1 aliphatic heterocycles. The summed E-state index contributed by atoms with van der Waals surface area (Å²) in [6.07, 6.45) is 5.25. The van der Waals surface area contributed by atoms with Gasteiger partial charge in [-0.1, -0.05) is 18.0 Å². The zero-order chi connectivity index (χ0) is 18.7. The molecule has 26 heavy (non-hydrogen) atoms. The van der Waals surface area contributed by atoms with Gasteiger partial charge < -0.3 is 9.88 Å². The highest BCUT2D eigenvalue weighted by molar-refractivity contribution is 7.89. The second kappa shape index (κ2) is 7.73. The molecular formula is C16H18ClFN4O3S. The number of benzene rings is 1. The third-order valence-electron chi connectivity index (χ3n) is 4.06. The van der Waals surface area contributed by atoms with Crippen LogP contribution < -0.4 is 5.32 Å². The lowest BCUT2D eigenvalue weighted by Crippen LogP contribution is -2.35. The van der Waals surface area contributed by atoms with E-state index in [0.29, 0.717) is 13.1 Å². The van der Waals surface area contributed by atoms with Crippen LogP contribution in [-0.4, -0.2) is 41.3 Å². The predicted molar refractivity (Wildman–Crippen MR) is 94.9 cm³/mol. The molecule has 7 nitrogen and oxygen atoms in total. The number of hydrogen-bond acceptors (Lipinski definition) is 4. The van der Waals surface area contributed by atoms with Gasteiger partial charge >= 0.3 is 0 Å². The van der Waals surface area contributed by atoms with E-state index in [4.69, 9.17) is 11.6 Å². The Morgan fingerprint density at radius 2 is 2.00 bits per heavy atom. The van der Waals surface area contributed by atoms with Crippen LogP contribution in [0.15, 0.2) is 35.7 Å². The van der Waals surface area contributed by atoms with Crippen LogP contribution in [0.5, 0.6) is 0 Å². The predicted octanol–water partition coefficient (Wildman–Crippen LogP) is 2.49. The Bertz CT molecular complexity index is 910. The number of halogens is 2. The number of anilines is 1. The zero-order valence-electron chi connectivity index (χ0n) is 13.9. The van der Waals surface area contributed by atoms with Gasteiger partial charge in [-0.25, -0.2) is 17.8 Å². The van der Waals surface area contributed by atoms with Gasteiger partial charge in [-0.15, -0.1) is 0 Å². The number of hydrogen-bond donors (Lipinski definition) is 1. The third kappa shape index (κ3) is 4.22. The molecule has 0 unspecified atom stereocenters. The molecular weight excluding hydrogens is 383 g/mol. The SMILES string of the molecule is O=C(Cn1cnc(S(=O)(=O)N2CCCCC2)c1)Nc1ccc(Cl)cc1F. The number of rotatable bonds is 5. The second-order valence-corrected chi connectivity index (χ2v) is 8.34. The van der Waals surface area contributed by atoms with Crippen molar-refractivity contribution in [3.63, 3.8) is 0 Å². The molecule has 2 heterocycles. The monoisotopic (exact) mass is 400 g/mol. The maximum absolute atomic E-state index is 13.7. The van der Waals surface area contributed by atoms with Crippen molar-refractivity contribution in [2.75, 3.05) is 18.4 Å². The number of aromatic nitrogens is 2. The summed E-state index contributed by atoms with van der Waals surface area (Å²) in [4.78, 5) is 16.0. The van der Waals surface area contributed by atoms with E-state index in [9.17, 15) is 17.6 Å². The van der Waals surface area contributed by atoms with Gasteiger partial charge in [0.1, 0.15) is 12.4 Å². The van der Waals surface area contributed by atoms with E-state index in [1.807, 2.05) is 0 Å². The fourth-order valence-corrected chi connectivity index (χ4v) is 4.35. The summed E-state index contributed by atoms with van der Waals surface area (Å²) < 4.78 is 41.6. The summed E-state index contributed by atoms with van der Waals surface area (Å²) >= 11 is 5.67. The molecule has 1 aromatic carbocycles. The van der Waals surface area contributed by atoms with Crippen LogP contribution in [0.4, 0.5) is 10.1 Å². The number of carbonyl (C=O) groups is 1. The topological polar surface area (TPSA) is 84.3 Å². The number of imidazole rings is 1. The molecule has 3 rings (SSSR count). The normalized spacial score (nSPS) is 15.8. The van der Waals surface area contributed by atoms with E-state index in [1.165, 1.54) is 33.5 Å². The summed E-state index contributed by atoms with van der Waals surface area (Å²) in [7, 11) is -3.65. The fourth-order valence-electron chi connectivity index (χ4n) is 2.74. The minimum absolute atomic E-state index is 0.000627. The highest BCUT2D eigenvalue weighted by atomic mass is 35.5. The van der Waals surface area contributed by atoms with Crippen molar-refractivity contribution < 1.29 is 17.6 Å². The Kier molecular flexibility index (Phi) is 5.59. The molecule has 1 aromatic heterocycles. The highest BCUT2D eigenvalue weighted by Gasteiger charge is 2.28. The second-order valence-electron chi connectivity index (χ2n) is 6.02. The smallest absolute Gasteiger partial charge is 0.262 e. The van der Waals surface area contributed by atoms with E-state index in [-0.39, 0.29) is 22.3 Å². The number of sulfonamides is 1. The van der Waals surface area contributed by atoms with Gasteiger partial charge in [0, 0.05) is 24.3 Å². The largest absolute Gasteiger partial charge is 0.327 e. The molecule has 1 N–H and O–H groups in total. The first-order chi connectivity index (χ1) is 12.4. The van der Waals surface area contributed by atoms with Crippen molar-refractivity contribution in [2.24, 2.45) is 0 Å². The number of piperidine rings is 1. The minimum atomic E-state index is -3.65. The van der Waals surface area contributed by atoms with Crippen LogP contribution in [0.2, 0.25) is 5.02 Å². The minimum Gasteiger partial charge on any atom is -0.327 e. The van der Waals surface area contributed by atoms with E-state index in [0.717, 1.165) is 25.3 Å². The van der Waals surface area contributed by atoms with Crippen molar-refractivity contribution in [3.05, 3.63) is 41.6 Å². The molecule has 0 aliphatic carbocycles. The number of amides is 1. The Labute approximate surface area is 155 Å². The maximum Gasteiger partial charge on any atom is 0.262 e. The highest BCUT2D eigenvalue weighted by Crippen LogP contribution is 2.20. The Morgan fingerprint density at radius 3 is 2.69 bits per heavy atom. The van der Waals surface area contributed by atoms with Gasteiger partial charge in [-0.2, -0.15) is 4.31 Å². The van der Waals surface area contributed by atoms with Gasteiger partial charge in [0.15, 0.2) is 5.03 Å². The van der Waals surface area contributed by atoms with Crippen LogP contribution in [0.3, 0.4) is 0 Å². The maximum atomic E-state index is 13.7. The quantitative estimate of drug-likeness (QED) is 0.835. The molecule has 1 amide bonds. The van der Waals surface area contributed by atoms with E-state index in [2.05, 4.69) is 10.3 Å². The van der Waals surface area contributed by atoms with Crippen LogP contribution in [0.1, 0.15) is 19.3 Å². The van der Waals surface area contributed by atoms with Gasteiger partial charge in [-0.05, 0) is 31.0 Å². The zero-order valence-corrected chi connectivity index (χ0v) is 15.4. The Hall–Kier alpha value is -1.97. The van der Waals surface area contributed by atoms with Crippen molar-refractivity contribution in [1.29, 1.82) is 0 Å². The van der Waals surface area contributed by atoms with Crippen molar-refractivity contribution in [2.45, 2.75) is 30.8 Å². The molecule has 0 saturated carbocycles. The first-order valence-electron chi connectivity index (χ1n) is 8.13.